The van der Waals surface area contributed by atoms with Gasteiger partial charge in [0, 0.05) is 60.6 Å². The van der Waals surface area contributed by atoms with Gasteiger partial charge < -0.3 is 14.8 Å². The molecule has 62 heavy (non-hydrogen) atoms. The minimum Gasteiger partial charge on any atom is -0.466 e. The number of anilines is 1. The predicted octanol–water partition coefficient (Wildman–Crippen LogP) is 8.86. The summed E-state index contributed by atoms with van der Waals surface area (Å²) in [4.78, 5) is 66.3. The smallest absolute Gasteiger partial charge is 0.302 e. The monoisotopic (exact) mass is 831 g/mol. The lowest BCUT2D eigenvalue weighted by Crippen LogP contribution is -2.81. The molecule has 8 nitrogen and oxygen atoms in total. The molecular formula is C54H57NO7. The van der Waals surface area contributed by atoms with Gasteiger partial charge in [-0.25, -0.2) is 0 Å². The highest BCUT2D eigenvalue weighted by molar-refractivity contribution is 6.28. The fourth-order valence-corrected chi connectivity index (χ4v) is 22.9. The molecule has 1 N–H and O–H groups in total. The zero-order valence-corrected chi connectivity index (χ0v) is 36.9. The number of amides is 1. The SMILES string of the molecule is CC(=O)Nc1ccc2c(c1)[C@H]1C[C@@H]2C2C1[C@]1(C)C3C([C@@H]4C[C@H]3c3cc5c(cc34)C(=O)C3=C(C5=O)[C@H]4C[C@@H]3C3C4[C@]4(C)C5C([C@@H]6C[C@H]5[C@@H](COC(C)=O)[C@H]6COC(C)=O)[C@]34C)[C@]21C. The first-order chi connectivity index (χ1) is 29.6. The summed E-state index contributed by atoms with van der Waals surface area (Å²) in [7, 11) is 0. The molecule has 13 aliphatic rings. The molecule has 320 valence electrons. The largest absolute Gasteiger partial charge is 0.466 e. The van der Waals surface area contributed by atoms with Gasteiger partial charge in [0.25, 0.3) is 0 Å². The predicted molar refractivity (Wildman–Crippen MR) is 227 cm³/mol. The fourth-order valence-electron chi connectivity index (χ4n) is 22.9. The summed E-state index contributed by atoms with van der Waals surface area (Å²) in [6, 6.07) is 11.2. The highest BCUT2D eigenvalue weighted by atomic mass is 16.5. The molecule has 0 radical (unpaired) electrons. The molecule has 15 rings (SSSR count). The number of fused-ring (bicyclic) bond motifs is 39. The summed E-state index contributed by atoms with van der Waals surface area (Å²) in [5, 5.41) is 3.04. The lowest BCUT2D eigenvalue weighted by Gasteiger charge is -2.84. The Kier molecular flexibility index (Phi) is 6.17. The fraction of sp³-hybridized carbons (Fsp3) is 0.648. The Morgan fingerprint density at radius 2 is 0.919 bits per heavy atom. The van der Waals surface area contributed by atoms with Crippen LogP contribution in [0.4, 0.5) is 5.69 Å². The van der Waals surface area contributed by atoms with E-state index in [1.54, 1.807) is 6.92 Å². The Morgan fingerprint density at radius 1 is 0.532 bits per heavy atom. The van der Waals surface area contributed by atoms with Crippen molar-refractivity contribution in [2.45, 2.75) is 97.8 Å². The third kappa shape index (κ3) is 3.34. The Hall–Kier alpha value is -4.07. The van der Waals surface area contributed by atoms with Crippen molar-refractivity contribution in [2.24, 2.45) is 105 Å². The van der Waals surface area contributed by atoms with E-state index in [4.69, 9.17) is 9.47 Å². The number of ketones is 2. The van der Waals surface area contributed by atoms with Crippen LogP contribution in [0.3, 0.4) is 0 Å². The van der Waals surface area contributed by atoms with Gasteiger partial charge in [-0.1, -0.05) is 33.8 Å². The number of Topliss-reactive ketones (excluding diaryl/α,β-unsaturated/α-hetero) is 2. The summed E-state index contributed by atoms with van der Waals surface area (Å²) in [5.41, 5.74) is 10.4. The maximum absolute atomic E-state index is 15.2. The zero-order valence-electron chi connectivity index (χ0n) is 36.9. The number of benzene rings is 2. The summed E-state index contributed by atoms with van der Waals surface area (Å²) < 4.78 is 11.4. The van der Waals surface area contributed by atoms with E-state index in [9.17, 15) is 14.4 Å². The second kappa shape index (κ2) is 10.5. The van der Waals surface area contributed by atoms with Crippen LogP contribution >= 0.6 is 0 Å². The van der Waals surface area contributed by atoms with Crippen LogP contribution in [0.2, 0.25) is 0 Å². The van der Waals surface area contributed by atoms with Crippen molar-refractivity contribution in [1.29, 1.82) is 0 Å². The highest BCUT2D eigenvalue weighted by Gasteiger charge is 2.91. The Balaban J connectivity index is 0.754. The Morgan fingerprint density at radius 3 is 1.35 bits per heavy atom. The molecule has 9 fully saturated rings. The minimum atomic E-state index is -0.265. The van der Waals surface area contributed by atoms with Crippen molar-refractivity contribution in [3.63, 3.8) is 0 Å². The van der Waals surface area contributed by atoms with Crippen LogP contribution in [0.15, 0.2) is 41.5 Å². The molecule has 2 aromatic rings. The number of rotatable bonds is 5. The molecule has 22 atom stereocenters. The molecule has 2 aromatic carbocycles. The molecule has 0 heterocycles. The Bertz CT molecular complexity index is 2680. The maximum atomic E-state index is 15.2. The van der Waals surface area contributed by atoms with Crippen molar-refractivity contribution >= 4 is 35.1 Å². The van der Waals surface area contributed by atoms with E-state index in [0.717, 1.165) is 36.1 Å². The van der Waals surface area contributed by atoms with Gasteiger partial charge in [0.1, 0.15) is 0 Å². The second-order valence-electron chi connectivity index (χ2n) is 24.2. The summed E-state index contributed by atoms with van der Waals surface area (Å²) in [6.07, 6.45) is 4.37. The quantitative estimate of drug-likeness (QED) is 0.237. The summed E-state index contributed by atoms with van der Waals surface area (Å²) in [5.74, 6) is 7.52. The molecule has 9 saturated carbocycles. The van der Waals surface area contributed by atoms with E-state index in [1.807, 2.05) is 0 Å². The van der Waals surface area contributed by atoms with Crippen LogP contribution in [-0.2, 0) is 23.9 Å². The van der Waals surface area contributed by atoms with E-state index in [1.165, 1.54) is 42.5 Å². The van der Waals surface area contributed by atoms with Crippen molar-refractivity contribution in [2.75, 3.05) is 18.5 Å². The molecule has 0 saturated heterocycles. The second-order valence-corrected chi connectivity index (χ2v) is 24.2. The molecule has 0 aliphatic heterocycles. The lowest BCUT2D eigenvalue weighted by atomic mass is 9.19. The number of carbonyl (C=O) groups is 5. The van der Waals surface area contributed by atoms with Gasteiger partial charge in [-0.3, -0.25) is 24.0 Å². The van der Waals surface area contributed by atoms with Crippen LogP contribution in [0.1, 0.15) is 141 Å². The number of hydrogen-bond acceptors (Lipinski definition) is 7. The zero-order chi connectivity index (χ0) is 42.4. The Labute approximate surface area is 363 Å². The molecule has 0 spiro atoms. The first-order valence-corrected chi connectivity index (χ1v) is 24.3. The average molecular weight is 832 g/mol. The average Bonchev–Trinajstić information content (AvgIpc) is 4.12. The maximum Gasteiger partial charge on any atom is 0.302 e. The van der Waals surface area contributed by atoms with Gasteiger partial charge in [-0.15, -0.1) is 0 Å². The van der Waals surface area contributed by atoms with Crippen LogP contribution in [0.25, 0.3) is 0 Å². The van der Waals surface area contributed by atoms with Crippen molar-refractivity contribution < 1.29 is 33.4 Å². The van der Waals surface area contributed by atoms with Gasteiger partial charge in [-0.05, 0) is 189 Å². The molecular weight excluding hydrogens is 775 g/mol. The molecule has 8 heteroatoms. The van der Waals surface area contributed by atoms with Crippen LogP contribution in [0, 0.1) is 105 Å². The van der Waals surface area contributed by atoms with Gasteiger partial charge in [0.05, 0.1) is 13.2 Å². The third-order valence-corrected chi connectivity index (χ3v) is 23.8. The van der Waals surface area contributed by atoms with E-state index in [0.29, 0.717) is 107 Å². The van der Waals surface area contributed by atoms with Gasteiger partial charge in [-0.2, -0.15) is 0 Å². The number of nitrogens with one attached hydrogen (secondary N) is 1. The number of carbonyl (C=O) groups excluding carboxylic acids is 5. The molecule has 13 aliphatic carbocycles. The minimum absolute atomic E-state index is 0.0239. The van der Waals surface area contributed by atoms with Crippen LogP contribution in [0.5, 0.6) is 0 Å². The van der Waals surface area contributed by atoms with Gasteiger partial charge in [0.15, 0.2) is 11.6 Å². The summed E-state index contributed by atoms with van der Waals surface area (Å²) in [6.45, 7) is 15.6. The highest BCUT2D eigenvalue weighted by Crippen LogP contribution is 2.96. The number of allylic oxidation sites excluding steroid dienone is 2. The van der Waals surface area contributed by atoms with E-state index in [-0.39, 0.29) is 74.7 Å². The molecule has 8 unspecified atom stereocenters. The number of esters is 2. The molecule has 1 amide bonds. The first kappa shape index (κ1) is 36.3. The first-order valence-electron chi connectivity index (χ1n) is 24.3. The molecule has 0 aromatic heterocycles. The normalized spacial score (nSPS) is 52.4. The number of hydrogen-bond donors (Lipinski definition) is 1. The molecule has 8 bridgehead atoms. The van der Waals surface area contributed by atoms with Crippen LogP contribution in [-0.4, -0.2) is 42.6 Å². The van der Waals surface area contributed by atoms with E-state index >= 15 is 9.59 Å². The summed E-state index contributed by atoms with van der Waals surface area (Å²) >= 11 is 0. The standard InChI is InChI=1S/C54H57NO7/c1-19(56)55-22-8-9-23-24(10-22)28-13-27(23)41-42(28)52(5)44-30-14-29(43(44)51(41,52)4)25-11-33-34(12-26(25)30)50(60)40-36-16-35(39(40)49(33)59)47-48(36)54(7)46-32-15-31(45(46)53(47,54)6)37(17-61-20(2)57)38(32)18-62-21(3)58/h8-12,27-32,35-38,41-48H,13-18H2,1-7H3,(H,55,56)/t27-,28+,29+,30-,31+,32-,35-,36+,37-,38+,41?,42?,43?,44?,45?,46?,47?,48?,51-,52+,53+,54-/m0/s1. The topological polar surface area (TPSA) is 116 Å². The van der Waals surface area contributed by atoms with E-state index < -0.39 is 0 Å². The lowest BCUT2D eigenvalue weighted by molar-refractivity contribution is -0.376. The van der Waals surface area contributed by atoms with Crippen molar-refractivity contribution in [1.82, 2.24) is 0 Å². The van der Waals surface area contributed by atoms with Crippen LogP contribution < -0.4 is 5.32 Å². The van der Waals surface area contributed by atoms with Crippen molar-refractivity contribution in [3.05, 3.63) is 74.9 Å². The van der Waals surface area contributed by atoms with Gasteiger partial charge >= 0.3 is 11.9 Å². The van der Waals surface area contributed by atoms with Crippen molar-refractivity contribution in [3.8, 4) is 0 Å². The number of ether oxygens (including phenoxy) is 2. The van der Waals surface area contributed by atoms with Gasteiger partial charge in [0.2, 0.25) is 5.91 Å². The third-order valence-electron chi connectivity index (χ3n) is 23.8. The van der Waals surface area contributed by atoms with E-state index in [2.05, 4.69) is 63.3 Å².